The first-order valence-electron chi connectivity index (χ1n) is 4.86. The molecule has 1 fully saturated rings. The number of hydrogen-bond donors (Lipinski definition) is 2. The van der Waals surface area contributed by atoms with Crippen LogP contribution in [0.25, 0.3) is 0 Å². The number of hydrogen-bond acceptors (Lipinski definition) is 4. The lowest BCUT2D eigenvalue weighted by atomic mass is 9.99. The van der Waals surface area contributed by atoms with Crippen LogP contribution in [-0.2, 0) is 9.47 Å². The highest BCUT2D eigenvalue weighted by atomic mass is 16.8. The van der Waals surface area contributed by atoms with Crippen molar-refractivity contribution in [1.29, 1.82) is 0 Å². The van der Waals surface area contributed by atoms with Crippen LogP contribution in [0.4, 0.5) is 0 Å². The average molecular weight is 200 g/mol. The van der Waals surface area contributed by atoms with E-state index in [2.05, 4.69) is 0 Å². The zero-order valence-electron chi connectivity index (χ0n) is 8.38. The van der Waals surface area contributed by atoms with E-state index in [1.165, 1.54) is 0 Å². The molecule has 1 aliphatic carbocycles. The van der Waals surface area contributed by atoms with E-state index in [9.17, 15) is 5.11 Å². The Balaban J connectivity index is 2.09. The second kappa shape index (κ2) is 3.31. The molecule has 1 heterocycles. The fraction of sp³-hybridized carbons (Fsp3) is 0.800. The fourth-order valence-electron chi connectivity index (χ4n) is 2.08. The van der Waals surface area contributed by atoms with E-state index < -0.39 is 11.9 Å². The molecular formula is C10H16O4. The molecule has 0 saturated carbocycles. The van der Waals surface area contributed by atoms with Crippen LogP contribution in [0.15, 0.2) is 12.2 Å². The molecule has 0 spiro atoms. The molecule has 4 heteroatoms. The highest BCUT2D eigenvalue weighted by molar-refractivity contribution is 5.14. The summed E-state index contributed by atoms with van der Waals surface area (Å²) in [6.07, 6.45) is 2.73. The van der Waals surface area contributed by atoms with Gasteiger partial charge in [0.05, 0.1) is 18.8 Å². The van der Waals surface area contributed by atoms with Gasteiger partial charge < -0.3 is 19.7 Å². The smallest absolute Gasteiger partial charge is 0.164 e. The van der Waals surface area contributed by atoms with E-state index in [0.29, 0.717) is 0 Å². The normalized spacial score (nSPS) is 41.3. The maximum absolute atomic E-state index is 9.54. The van der Waals surface area contributed by atoms with Gasteiger partial charge in [-0.15, -0.1) is 0 Å². The first kappa shape index (κ1) is 10.1. The second-order valence-electron chi connectivity index (χ2n) is 4.28. The van der Waals surface area contributed by atoms with E-state index in [0.717, 1.165) is 0 Å². The molecular weight excluding hydrogens is 184 g/mol. The largest absolute Gasteiger partial charge is 0.394 e. The third kappa shape index (κ3) is 1.59. The third-order valence-corrected chi connectivity index (χ3v) is 2.70. The van der Waals surface area contributed by atoms with Crippen molar-refractivity contribution in [2.75, 3.05) is 6.61 Å². The highest BCUT2D eigenvalue weighted by Crippen LogP contribution is 2.38. The Hall–Kier alpha value is -0.420. The van der Waals surface area contributed by atoms with Gasteiger partial charge in [-0.1, -0.05) is 12.2 Å². The summed E-state index contributed by atoms with van der Waals surface area (Å²) in [5.41, 5.74) is 0. The Morgan fingerprint density at radius 2 is 2.07 bits per heavy atom. The Morgan fingerprint density at radius 3 is 2.71 bits per heavy atom. The number of aliphatic hydroxyl groups is 2. The van der Waals surface area contributed by atoms with Crippen molar-refractivity contribution in [3.63, 3.8) is 0 Å². The lowest BCUT2D eigenvalue weighted by Gasteiger charge is -2.23. The van der Waals surface area contributed by atoms with Gasteiger partial charge in [0.15, 0.2) is 5.79 Å². The average Bonchev–Trinajstić information content (AvgIpc) is 2.58. The predicted molar refractivity (Wildman–Crippen MR) is 49.5 cm³/mol. The minimum absolute atomic E-state index is 0.0869. The molecule has 0 radical (unpaired) electrons. The van der Waals surface area contributed by atoms with E-state index in [-0.39, 0.29) is 24.7 Å². The van der Waals surface area contributed by atoms with Gasteiger partial charge in [-0.3, -0.25) is 0 Å². The molecule has 80 valence electrons. The Morgan fingerprint density at radius 1 is 1.36 bits per heavy atom. The summed E-state index contributed by atoms with van der Waals surface area (Å²) in [5.74, 6) is -0.750. The van der Waals surface area contributed by atoms with Crippen LogP contribution >= 0.6 is 0 Å². The number of ether oxygens (including phenoxy) is 2. The van der Waals surface area contributed by atoms with Crippen molar-refractivity contribution in [1.82, 2.24) is 0 Å². The van der Waals surface area contributed by atoms with Gasteiger partial charge in [-0.2, -0.15) is 0 Å². The molecule has 3 unspecified atom stereocenters. The molecule has 1 saturated heterocycles. The summed E-state index contributed by atoms with van der Waals surface area (Å²) in [7, 11) is 0. The Bertz CT molecular complexity index is 249. The van der Waals surface area contributed by atoms with Crippen LogP contribution in [0.5, 0.6) is 0 Å². The number of aliphatic hydroxyl groups excluding tert-OH is 2. The maximum Gasteiger partial charge on any atom is 0.164 e. The third-order valence-electron chi connectivity index (χ3n) is 2.70. The van der Waals surface area contributed by atoms with Gasteiger partial charge in [-0.25, -0.2) is 0 Å². The molecule has 4 nitrogen and oxygen atoms in total. The lowest BCUT2D eigenvalue weighted by molar-refractivity contribution is -0.152. The van der Waals surface area contributed by atoms with Gasteiger partial charge in [0.2, 0.25) is 0 Å². The number of fused-ring (bicyclic) bond motifs is 1. The zero-order valence-corrected chi connectivity index (χ0v) is 8.38. The summed E-state index contributed by atoms with van der Waals surface area (Å²) >= 11 is 0. The topological polar surface area (TPSA) is 58.9 Å². The van der Waals surface area contributed by atoms with Crippen LogP contribution in [-0.4, -0.2) is 40.9 Å². The molecule has 2 N–H and O–H groups in total. The monoisotopic (exact) mass is 200 g/mol. The Labute approximate surface area is 83.1 Å². The van der Waals surface area contributed by atoms with Crippen molar-refractivity contribution in [3.05, 3.63) is 12.2 Å². The highest BCUT2D eigenvalue weighted by Gasteiger charge is 2.47. The fourth-order valence-corrected chi connectivity index (χ4v) is 2.08. The second-order valence-corrected chi connectivity index (χ2v) is 4.28. The number of rotatable bonds is 2. The van der Waals surface area contributed by atoms with E-state index in [4.69, 9.17) is 14.6 Å². The van der Waals surface area contributed by atoms with Crippen molar-refractivity contribution in [2.45, 2.75) is 37.9 Å². The standard InChI is InChI=1S/C10H16O4/c1-10(2)13-8-4-3-6(7(12)5-11)9(8)14-10/h3-4,6-9,11-12H,5H2,1-2H3/t6-,7?,8?,9?/m0/s1. The van der Waals surface area contributed by atoms with Gasteiger partial charge in [-0.05, 0) is 13.8 Å². The summed E-state index contributed by atoms with van der Waals surface area (Å²) in [5, 5.41) is 18.4. The van der Waals surface area contributed by atoms with Gasteiger partial charge in [0.25, 0.3) is 0 Å². The zero-order chi connectivity index (χ0) is 10.3. The van der Waals surface area contributed by atoms with Crippen molar-refractivity contribution in [3.8, 4) is 0 Å². The lowest BCUT2D eigenvalue weighted by Crippen LogP contribution is -2.35. The van der Waals surface area contributed by atoms with Gasteiger partial charge in [0, 0.05) is 5.92 Å². The Kier molecular flexibility index (Phi) is 2.39. The quantitative estimate of drug-likeness (QED) is 0.618. The maximum atomic E-state index is 9.54. The molecule has 0 amide bonds. The molecule has 14 heavy (non-hydrogen) atoms. The van der Waals surface area contributed by atoms with Crippen LogP contribution in [0.3, 0.4) is 0 Å². The van der Waals surface area contributed by atoms with E-state index >= 15 is 0 Å². The van der Waals surface area contributed by atoms with Crippen molar-refractivity contribution < 1.29 is 19.7 Å². The molecule has 0 aromatic rings. The van der Waals surface area contributed by atoms with Crippen LogP contribution in [0.1, 0.15) is 13.8 Å². The molecule has 4 atom stereocenters. The van der Waals surface area contributed by atoms with Crippen molar-refractivity contribution >= 4 is 0 Å². The molecule has 0 bridgehead atoms. The minimum atomic E-state index is -0.765. The summed E-state index contributed by atoms with van der Waals surface area (Å²) < 4.78 is 11.2. The first-order chi connectivity index (χ1) is 6.53. The van der Waals surface area contributed by atoms with Crippen LogP contribution < -0.4 is 0 Å². The molecule has 1 aliphatic heterocycles. The summed E-state index contributed by atoms with van der Waals surface area (Å²) in [6, 6.07) is 0. The SMILES string of the molecule is CC1(C)OC2C=C[C@@H](C(O)CO)C2O1. The van der Waals surface area contributed by atoms with Crippen LogP contribution in [0.2, 0.25) is 0 Å². The van der Waals surface area contributed by atoms with E-state index in [1.807, 2.05) is 26.0 Å². The first-order valence-corrected chi connectivity index (χ1v) is 4.86. The molecule has 2 rings (SSSR count). The molecule has 2 aliphatic rings. The summed E-state index contributed by atoms with van der Waals surface area (Å²) in [6.45, 7) is 3.45. The van der Waals surface area contributed by atoms with Gasteiger partial charge in [0.1, 0.15) is 6.10 Å². The molecule has 0 aromatic heterocycles. The minimum Gasteiger partial charge on any atom is -0.394 e. The molecule has 0 aromatic carbocycles. The summed E-state index contributed by atoms with van der Waals surface area (Å²) in [4.78, 5) is 0. The van der Waals surface area contributed by atoms with Crippen molar-refractivity contribution in [2.24, 2.45) is 5.92 Å². The van der Waals surface area contributed by atoms with Gasteiger partial charge >= 0.3 is 0 Å². The predicted octanol–water partition coefficient (Wildman–Crippen LogP) is 0.0457. The van der Waals surface area contributed by atoms with Crippen LogP contribution in [0, 0.1) is 5.92 Å². The van der Waals surface area contributed by atoms with E-state index in [1.54, 1.807) is 0 Å².